The maximum Gasteiger partial charge on any atom is 0.243 e. The Balaban J connectivity index is 0.00000400. The smallest absolute Gasteiger partial charge is 0.243 e. The molecule has 0 aliphatic carbocycles. The zero-order valence-corrected chi connectivity index (χ0v) is 13.1. The van der Waals surface area contributed by atoms with Crippen molar-refractivity contribution in [2.75, 3.05) is 32.1 Å². The maximum absolute atomic E-state index is 11.6. The quantitative estimate of drug-likeness (QED) is 0.673. The molecular formula is C14H22ClN3O3. The lowest BCUT2D eigenvalue weighted by Crippen LogP contribution is -2.34. The standard InChI is InChI=1S/C14H21N3O3.ClH/c1-3-20-12-6-4-11(5-7-12)17-14(19)10-16-13(18)8-9-15-2;/h4-7,15H,3,8-10H2,1-2H3,(H,16,18)(H,17,19);1H. The average Bonchev–Trinajstić information content (AvgIpc) is 2.45. The molecule has 0 unspecified atom stereocenters. The van der Waals surface area contributed by atoms with Crippen LogP contribution in [0.3, 0.4) is 0 Å². The molecule has 1 aromatic rings. The van der Waals surface area contributed by atoms with Gasteiger partial charge in [-0.3, -0.25) is 9.59 Å². The van der Waals surface area contributed by atoms with Gasteiger partial charge in [0.1, 0.15) is 5.75 Å². The molecule has 0 spiro atoms. The summed E-state index contributed by atoms with van der Waals surface area (Å²) in [5.41, 5.74) is 0.669. The maximum atomic E-state index is 11.6. The third-order valence-electron chi connectivity index (χ3n) is 2.50. The minimum absolute atomic E-state index is 0. The van der Waals surface area contributed by atoms with Gasteiger partial charge in [0.2, 0.25) is 11.8 Å². The number of ether oxygens (including phenoxy) is 1. The van der Waals surface area contributed by atoms with E-state index in [1.165, 1.54) is 0 Å². The van der Waals surface area contributed by atoms with Gasteiger partial charge < -0.3 is 20.7 Å². The first-order valence-electron chi connectivity index (χ1n) is 6.59. The van der Waals surface area contributed by atoms with Crippen LogP contribution >= 0.6 is 12.4 Å². The molecule has 0 saturated heterocycles. The van der Waals surface area contributed by atoms with Gasteiger partial charge in [-0.05, 0) is 38.2 Å². The van der Waals surface area contributed by atoms with Crippen molar-refractivity contribution >= 4 is 29.9 Å². The molecule has 0 aliphatic rings. The number of hydrogen-bond donors (Lipinski definition) is 3. The Morgan fingerprint density at radius 2 is 1.81 bits per heavy atom. The van der Waals surface area contributed by atoms with Crippen molar-refractivity contribution < 1.29 is 14.3 Å². The Labute approximate surface area is 131 Å². The molecule has 7 heteroatoms. The summed E-state index contributed by atoms with van der Waals surface area (Å²) < 4.78 is 5.31. The van der Waals surface area contributed by atoms with Crippen LogP contribution in [-0.2, 0) is 9.59 Å². The highest BCUT2D eigenvalue weighted by atomic mass is 35.5. The second-order valence-corrected chi connectivity index (χ2v) is 4.14. The van der Waals surface area contributed by atoms with E-state index in [1.807, 2.05) is 6.92 Å². The highest BCUT2D eigenvalue weighted by molar-refractivity contribution is 5.94. The van der Waals surface area contributed by atoms with E-state index < -0.39 is 0 Å². The number of anilines is 1. The first-order valence-corrected chi connectivity index (χ1v) is 6.59. The van der Waals surface area contributed by atoms with Gasteiger partial charge in [0.05, 0.1) is 13.2 Å². The molecule has 21 heavy (non-hydrogen) atoms. The highest BCUT2D eigenvalue weighted by Gasteiger charge is 2.05. The first kappa shape index (κ1) is 19.2. The van der Waals surface area contributed by atoms with Gasteiger partial charge >= 0.3 is 0 Å². The van der Waals surface area contributed by atoms with Crippen LogP contribution < -0.4 is 20.7 Å². The van der Waals surface area contributed by atoms with Gasteiger partial charge in [0.15, 0.2) is 0 Å². The summed E-state index contributed by atoms with van der Waals surface area (Å²) in [6.07, 6.45) is 0.354. The van der Waals surface area contributed by atoms with Gasteiger partial charge in [0.25, 0.3) is 0 Å². The van der Waals surface area contributed by atoms with Crippen molar-refractivity contribution in [3.63, 3.8) is 0 Å². The van der Waals surface area contributed by atoms with Gasteiger partial charge in [-0.25, -0.2) is 0 Å². The molecule has 0 aromatic heterocycles. The molecule has 0 aliphatic heterocycles. The average molecular weight is 316 g/mol. The summed E-state index contributed by atoms with van der Waals surface area (Å²) in [7, 11) is 1.77. The van der Waals surface area contributed by atoms with E-state index in [1.54, 1.807) is 31.3 Å². The van der Waals surface area contributed by atoms with Gasteiger partial charge in [-0.1, -0.05) is 0 Å². The molecule has 0 radical (unpaired) electrons. The van der Waals surface area contributed by atoms with Crippen molar-refractivity contribution in [3.05, 3.63) is 24.3 Å². The van der Waals surface area contributed by atoms with Crippen LogP contribution in [-0.4, -0.2) is 38.6 Å². The number of rotatable bonds is 8. The largest absolute Gasteiger partial charge is 0.494 e. The zero-order valence-electron chi connectivity index (χ0n) is 12.3. The molecule has 1 rings (SSSR count). The molecule has 0 heterocycles. The van der Waals surface area contributed by atoms with Crippen molar-refractivity contribution in [3.8, 4) is 5.75 Å². The minimum atomic E-state index is -0.257. The third kappa shape index (κ3) is 8.16. The molecule has 118 valence electrons. The molecule has 2 amide bonds. The summed E-state index contributed by atoms with van der Waals surface area (Å²) in [6.45, 7) is 3.07. The van der Waals surface area contributed by atoms with E-state index >= 15 is 0 Å². The van der Waals surface area contributed by atoms with Crippen LogP contribution in [0.1, 0.15) is 13.3 Å². The molecule has 0 fully saturated rings. The lowest BCUT2D eigenvalue weighted by atomic mass is 10.3. The topological polar surface area (TPSA) is 79.5 Å². The fourth-order valence-corrected chi connectivity index (χ4v) is 1.51. The molecule has 0 atom stereocenters. The summed E-state index contributed by atoms with van der Waals surface area (Å²) in [6, 6.07) is 7.08. The molecule has 3 N–H and O–H groups in total. The van der Waals surface area contributed by atoms with Crippen LogP contribution in [0.2, 0.25) is 0 Å². The SMILES string of the molecule is CCOc1ccc(NC(=O)CNC(=O)CCNC)cc1.Cl. The van der Waals surface area contributed by atoms with E-state index in [0.29, 0.717) is 25.3 Å². The second kappa shape index (κ2) is 10.9. The van der Waals surface area contributed by atoms with E-state index in [2.05, 4.69) is 16.0 Å². The molecule has 0 bridgehead atoms. The van der Waals surface area contributed by atoms with Crippen molar-refractivity contribution in [2.24, 2.45) is 0 Å². The molecule has 0 saturated carbocycles. The Kier molecular flexibility index (Phi) is 10.0. The third-order valence-corrected chi connectivity index (χ3v) is 2.50. The summed E-state index contributed by atoms with van der Waals surface area (Å²) in [5, 5.41) is 8.12. The van der Waals surface area contributed by atoms with E-state index in [0.717, 1.165) is 5.75 Å². The molecular weight excluding hydrogens is 294 g/mol. The van der Waals surface area contributed by atoms with Crippen molar-refractivity contribution in [2.45, 2.75) is 13.3 Å². The number of hydrogen-bond acceptors (Lipinski definition) is 4. The van der Waals surface area contributed by atoms with Gasteiger partial charge in [-0.15, -0.1) is 12.4 Å². The minimum Gasteiger partial charge on any atom is -0.494 e. The van der Waals surface area contributed by atoms with E-state index in [-0.39, 0.29) is 30.8 Å². The molecule has 6 nitrogen and oxygen atoms in total. The Morgan fingerprint density at radius 1 is 1.14 bits per heavy atom. The number of halogens is 1. The Bertz CT molecular complexity index is 438. The summed E-state index contributed by atoms with van der Waals surface area (Å²) in [5.74, 6) is 0.346. The predicted octanol–water partition coefficient (Wildman–Crippen LogP) is 1.17. The van der Waals surface area contributed by atoms with Crippen LogP contribution in [0.4, 0.5) is 5.69 Å². The Morgan fingerprint density at radius 3 is 2.38 bits per heavy atom. The van der Waals surface area contributed by atoms with Crippen LogP contribution in [0.15, 0.2) is 24.3 Å². The summed E-state index contributed by atoms with van der Waals surface area (Å²) in [4.78, 5) is 23.0. The fourth-order valence-electron chi connectivity index (χ4n) is 1.51. The highest BCUT2D eigenvalue weighted by Crippen LogP contribution is 2.15. The normalized spacial score (nSPS) is 9.43. The van der Waals surface area contributed by atoms with E-state index in [9.17, 15) is 9.59 Å². The predicted molar refractivity (Wildman–Crippen MR) is 85.0 cm³/mol. The van der Waals surface area contributed by atoms with Crippen molar-refractivity contribution in [1.82, 2.24) is 10.6 Å². The van der Waals surface area contributed by atoms with E-state index in [4.69, 9.17) is 4.74 Å². The van der Waals surface area contributed by atoms with Gasteiger partial charge in [0, 0.05) is 18.7 Å². The zero-order chi connectivity index (χ0) is 14.8. The lowest BCUT2D eigenvalue weighted by Gasteiger charge is -2.08. The number of carbonyl (C=O) groups excluding carboxylic acids is 2. The van der Waals surface area contributed by atoms with Crippen LogP contribution in [0.5, 0.6) is 5.75 Å². The lowest BCUT2D eigenvalue weighted by molar-refractivity contribution is -0.124. The number of carbonyl (C=O) groups is 2. The van der Waals surface area contributed by atoms with Gasteiger partial charge in [-0.2, -0.15) is 0 Å². The number of amides is 2. The van der Waals surface area contributed by atoms with Crippen LogP contribution in [0.25, 0.3) is 0 Å². The summed E-state index contributed by atoms with van der Waals surface area (Å²) >= 11 is 0. The molecule has 1 aromatic carbocycles. The number of nitrogens with one attached hydrogen (secondary N) is 3. The van der Waals surface area contributed by atoms with Crippen molar-refractivity contribution in [1.29, 1.82) is 0 Å². The number of benzene rings is 1. The monoisotopic (exact) mass is 315 g/mol. The van der Waals surface area contributed by atoms with Crippen LogP contribution in [0, 0.1) is 0 Å². The fraction of sp³-hybridized carbons (Fsp3) is 0.429. The first-order chi connectivity index (χ1) is 9.65. The Hall–Kier alpha value is -1.79. The second-order valence-electron chi connectivity index (χ2n) is 4.14.